The Kier molecular flexibility index (Phi) is 4.17. The normalized spacial score (nSPS) is 10.3. The molecule has 0 saturated carbocycles. The van der Waals surface area contributed by atoms with Crippen molar-refractivity contribution in [2.24, 2.45) is 0 Å². The molecule has 0 aliphatic carbocycles. The van der Waals surface area contributed by atoms with Crippen LogP contribution >= 0.6 is 11.6 Å². The highest BCUT2D eigenvalue weighted by molar-refractivity contribution is 6.30. The van der Waals surface area contributed by atoms with Gasteiger partial charge < -0.3 is 4.74 Å². The van der Waals surface area contributed by atoms with Crippen LogP contribution in [-0.4, -0.2) is 17.9 Å². The van der Waals surface area contributed by atoms with E-state index in [9.17, 15) is 4.79 Å². The fraction of sp³-hybridized carbons (Fsp3) is 0.200. The van der Waals surface area contributed by atoms with E-state index in [1.165, 1.54) is 0 Å². The number of pyridine rings is 1. The van der Waals surface area contributed by atoms with Crippen LogP contribution in [0, 0.1) is 6.92 Å². The second-order valence-electron chi connectivity index (χ2n) is 4.24. The van der Waals surface area contributed by atoms with Gasteiger partial charge in [0.1, 0.15) is 5.75 Å². The Morgan fingerprint density at radius 3 is 2.79 bits per heavy atom. The number of rotatable bonds is 4. The standard InChI is InChI=1S/C15H14ClNO2/c1-10-7-11(5-6-17-10)14(18)9-12-8-13(16)3-4-15(12)19-2/h3-8H,9H2,1-2H3. The van der Waals surface area contributed by atoms with Gasteiger partial charge in [-0.15, -0.1) is 0 Å². The van der Waals surface area contributed by atoms with Crippen LogP contribution in [0.2, 0.25) is 5.02 Å². The number of hydrogen-bond donors (Lipinski definition) is 0. The molecule has 1 heterocycles. The number of nitrogens with zero attached hydrogens (tertiary/aromatic N) is 1. The van der Waals surface area contributed by atoms with E-state index >= 15 is 0 Å². The van der Waals surface area contributed by atoms with Gasteiger partial charge in [0.05, 0.1) is 7.11 Å². The maximum absolute atomic E-state index is 12.2. The van der Waals surface area contributed by atoms with E-state index in [1.54, 1.807) is 43.6 Å². The van der Waals surface area contributed by atoms with E-state index in [2.05, 4.69) is 4.98 Å². The predicted octanol–water partition coefficient (Wildman–Crippen LogP) is 3.48. The fourth-order valence-electron chi connectivity index (χ4n) is 1.88. The van der Waals surface area contributed by atoms with Gasteiger partial charge in [-0.05, 0) is 37.3 Å². The summed E-state index contributed by atoms with van der Waals surface area (Å²) in [6, 6.07) is 8.76. The molecule has 1 aromatic carbocycles. The van der Waals surface area contributed by atoms with Crippen LogP contribution in [0.4, 0.5) is 0 Å². The summed E-state index contributed by atoms with van der Waals surface area (Å²) in [5.41, 5.74) is 2.26. The number of halogens is 1. The van der Waals surface area contributed by atoms with Gasteiger partial charge in [0.25, 0.3) is 0 Å². The molecule has 0 radical (unpaired) electrons. The molecule has 0 saturated heterocycles. The van der Waals surface area contributed by atoms with Crippen molar-refractivity contribution in [3.8, 4) is 5.75 Å². The van der Waals surface area contributed by atoms with Crippen LogP contribution in [0.5, 0.6) is 5.75 Å². The number of methoxy groups -OCH3 is 1. The first-order valence-corrected chi connectivity index (χ1v) is 6.26. The zero-order valence-electron chi connectivity index (χ0n) is 10.8. The SMILES string of the molecule is COc1ccc(Cl)cc1CC(=O)c1ccnc(C)c1. The summed E-state index contributed by atoms with van der Waals surface area (Å²) in [4.78, 5) is 16.3. The van der Waals surface area contributed by atoms with Crippen molar-refractivity contribution in [3.63, 3.8) is 0 Å². The second kappa shape index (κ2) is 5.85. The molecule has 2 rings (SSSR count). The Morgan fingerprint density at radius 2 is 2.11 bits per heavy atom. The van der Waals surface area contributed by atoms with Gasteiger partial charge in [0, 0.05) is 34.5 Å². The van der Waals surface area contributed by atoms with Gasteiger partial charge in [-0.1, -0.05) is 11.6 Å². The van der Waals surface area contributed by atoms with Crippen molar-refractivity contribution in [3.05, 3.63) is 58.4 Å². The molecule has 0 fully saturated rings. The van der Waals surface area contributed by atoms with Crippen molar-refractivity contribution < 1.29 is 9.53 Å². The van der Waals surface area contributed by atoms with E-state index in [4.69, 9.17) is 16.3 Å². The van der Waals surface area contributed by atoms with E-state index in [-0.39, 0.29) is 12.2 Å². The number of benzene rings is 1. The highest BCUT2D eigenvalue weighted by Gasteiger charge is 2.11. The summed E-state index contributed by atoms with van der Waals surface area (Å²) in [5.74, 6) is 0.689. The summed E-state index contributed by atoms with van der Waals surface area (Å²) >= 11 is 5.95. The summed E-state index contributed by atoms with van der Waals surface area (Å²) in [6.07, 6.45) is 1.89. The van der Waals surface area contributed by atoms with E-state index < -0.39 is 0 Å². The Labute approximate surface area is 117 Å². The van der Waals surface area contributed by atoms with E-state index in [0.29, 0.717) is 16.3 Å². The summed E-state index contributed by atoms with van der Waals surface area (Å²) < 4.78 is 5.24. The third-order valence-corrected chi connectivity index (χ3v) is 3.05. The lowest BCUT2D eigenvalue weighted by Gasteiger charge is -2.08. The molecule has 98 valence electrons. The molecular formula is C15H14ClNO2. The van der Waals surface area contributed by atoms with Crippen LogP contribution in [0.15, 0.2) is 36.5 Å². The lowest BCUT2D eigenvalue weighted by molar-refractivity contribution is 0.0992. The molecule has 1 aromatic heterocycles. The Bertz CT molecular complexity index is 611. The second-order valence-corrected chi connectivity index (χ2v) is 4.68. The third kappa shape index (κ3) is 3.32. The van der Waals surface area contributed by atoms with Gasteiger partial charge in [-0.2, -0.15) is 0 Å². The molecule has 0 amide bonds. The van der Waals surface area contributed by atoms with Crippen molar-refractivity contribution >= 4 is 17.4 Å². The molecule has 0 atom stereocenters. The molecule has 0 unspecified atom stereocenters. The molecule has 19 heavy (non-hydrogen) atoms. The third-order valence-electron chi connectivity index (χ3n) is 2.81. The average molecular weight is 276 g/mol. The first-order valence-electron chi connectivity index (χ1n) is 5.88. The minimum atomic E-state index is 0.0195. The Hall–Kier alpha value is -1.87. The summed E-state index contributed by atoms with van der Waals surface area (Å²) in [6.45, 7) is 1.86. The van der Waals surface area contributed by atoms with Gasteiger partial charge in [-0.25, -0.2) is 0 Å². The number of carbonyl (C=O) groups is 1. The van der Waals surface area contributed by atoms with Crippen LogP contribution < -0.4 is 4.74 Å². The number of aromatic nitrogens is 1. The molecule has 0 bridgehead atoms. The van der Waals surface area contributed by atoms with Crippen molar-refractivity contribution in [1.29, 1.82) is 0 Å². The van der Waals surface area contributed by atoms with Crippen LogP contribution in [0.1, 0.15) is 21.6 Å². The minimum absolute atomic E-state index is 0.0195. The van der Waals surface area contributed by atoms with E-state index in [0.717, 1.165) is 11.3 Å². The molecular weight excluding hydrogens is 262 g/mol. The lowest BCUT2D eigenvalue weighted by Crippen LogP contribution is -2.05. The van der Waals surface area contributed by atoms with Gasteiger partial charge in [0.2, 0.25) is 0 Å². The fourth-order valence-corrected chi connectivity index (χ4v) is 2.07. The molecule has 2 aromatic rings. The zero-order chi connectivity index (χ0) is 13.8. The number of aryl methyl sites for hydroxylation is 1. The van der Waals surface area contributed by atoms with Crippen molar-refractivity contribution in [2.75, 3.05) is 7.11 Å². The van der Waals surface area contributed by atoms with Crippen LogP contribution in [0.3, 0.4) is 0 Å². The predicted molar refractivity (Wildman–Crippen MR) is 75.0 cm³/mol. The minimum Gasteiger partial charge on any atom is -0.496 e. The quantitative estimate of drug-likeness (QED) is 0.802. The number of ketones is 1. The molecule has 0 spiro atoms. The highest BCUT2D eigenvalue weighted by atomic mass is 35.5. The zero-order valence-corrected chi connectivity index (χ0v) is 11.6. The number of ether oxygens (including phenoxy) is 1. The average Bonchev–Trinajstić information content (AvgIpc) is 2.39. The van der Waals surface area contributed by atoms with Crippen LogP contribution in [-0.2, 0) is 6.42 Å². The van der Waals surface area contributed by atoms with Gasteiger partial charge >= 0.3 is 0 Å². The molecule has 4 heteroatoms. The first-order chi connectivity index (χ1) is 9.10. The number of Topliss-reactive ketones (excluding diaryl/α,β-unsaturated/α-hetero) is 1. The molecule has 0 aliphatic heterocycles. The maximum atomic E-state index is 12.2. The van der Waals surface area contributed by atoms with Gasteiger partial charge in [0.15, 0.2) is 5.78 Å². The van der Waals surface area contributed by atoms with Crippen molar-refractivity contribution in [2.45, 2.75) is 13.3 Å². The Morgan fingerprint density at radius 1 is 1.32 bits per heavy atom. The lowest BCUT2D eigenvalue weighted by atomic mass is 10.0. The number of hydrogen-bond acceptors (Lipinski definition) is 3. The maximum Gasteiger partial charge on any atom is 0.167 e. The highest BCUT2D eigenvalue weighted by Crippen LogP contribution is 2.24. The molecule has 0 N–H and O–H groups in total. The number of carbonyl (C=O) groups excluding carboxylic acids is 1. The topological polar surface area (TPSA) is 39.2 Å². The monoisotopic (exact) mass is 275 g/mol. The smallest absolute Gasteiger partial charge is 0.167 e. The Balaban J connectivity index is 2.26. The summed E-state index contributed by atoms with van der Waals surface area (Å²) in [7, 11) is 1.58. The van der Waals surface area contributed by atoms with E-state index in [1.807, 2.05) is 6.92 Å². The summed E-state index contributed by atoms with van der Waals surface area (Å²) in [5, 5.41) is 0.592. The first kappa shape index (κ1) is 13.6. The van der Waals surface area contributed by atoms with Gasteiger partial charge in [-0.3, -0.25) is 9.78 Å². The van der Waals surface area contributed by atoms with Crippen molar-refractivity contribution in [1.82, 2.24) is 4.98 Å². The molecule has 0 aliphatic rings. The van der Waals surface area contributed by atoms with Crippen LogP contribution in [0.25, 0.3) is 0 Å². The molecule has 3 nitrogen and oxygen atoms in total. The largest absolute Gasteiger partial charge is 0.496 e.